The van der Waals surface area contributed by atoms with E-state index in [1.165, 1.54) is 20.8 Å². The summed E-state index contributed by atoms with van der Waals surface area (Å²) < 4.78 is 11.0. The van der Waals surface area contributed by atoms with Crippen molar-refractivity contribution in [3.05, 3.63) is 0 Å². The van der Waals surface area contributed by atoms with E-state index in [-0.39, 0.29) is 92.7 Å². The molecule has 1 saturated heterocycles. The van der Waals surface area contributed by atoms with Gasteiger partial charge in [-0.05, 0) is 70.6 Å². The summed E-state index contributed by atoms with van der Waals surface area (Å²) in [5, 5.41) is 26.1. The van der Waals surface area contributed by atoms with Crippen LogP contribution in [-0.4, -0.2) is 125 Å². The van der Waals surface area contributed by atoms with Gasteiger partial charge < -0.3 is 51.3 Å². The van der Waals surface area contributed by atoms with Crippen LogP contribution in [0, 0.1) is 23.7 Å². The van der Waals surface area contributed by atoms with Gasteiger partial charge >= 0.3 is 5.97 Å². The number of rotatable bonds is 36. The lowest BCUT2D eigenvalue weighted by Gasteiger charge is -2.28. The third kappa shape index (κ3) is 23.6. The number of aliphatic hydroxyl groups is 1. The largest absolute Gasteiger partial charge is 0.463 e. The Morgan fingerprint density at radius 3 is 1.41 bits per heavy atom. The molecule has 0 aliphatic carbocycles. The summed E-state index contributed by atoms with van der Waals surface area (Å²) in [7, 11) is 0. The van der Waals surface area contributed by atoms with Crippen LogP contribution in [0.1, 0.15) is 173 Å². The Bertz CT molecular complexity index is 1730. The number of amides is 6. The molecule has 0 bridgehead atoms. The van der Waals surface area contributed by atoms with Gasteiger partial charge in [-0.25, -0.2) is 0 Å². The second-order valence-electron chi connectivity index (χ2n) is 20.1. The van der Waals surface area contributed by atoms with E-state index in [9.17, 15) is 53.1 Å². The zero-order chi connectivity index (χ0) is 52.6. The minimum atomic E-state index is -1.36. The van der Waals surface area contributed by atoms with Gasteiger partial charge in [-0.15, -0.1) is 0 Å². The molecule has 0 radical (unpaired) electrons. The van der Waals surface area contributed by atoms with E-state index in [0.717, 1.165) is 25.7 Å². The van der Waals surface area contributed by atoms with Gasteiger partial charge in [-0.2, -0.15) is 0 Å². The molecule has 1 aliphatic rings. The molecule has 19 heteroatoms. The Labute approximate surface area is 410 Å². The maximum Gasteiger partial charge on any atom is 0.306 e. The van der Waals surface area contributed by atoms with Crippen LogP contribution in [0.4, 0.5) is 0 Å². The average molecular weight is 979 g/mol. The lowest BCUT2D eigenvalue weighted by atomic mass is 9.93. The molecule has 394 valence electrons. The number of carbonyl (C=O) groups is 10. The fraction of sp³-hybridized carbons (Fsp3) is 0.800. The number of esters is 1. The third-order valence-electron chi connectivity index (χ3n) is 12.0. The molecule has 69 heavy (non-hydrogen) atoms. The maximum absolute atomic E-state index is 14.0. The zero-order valence-electron chi connectivity index (χ0n) is 43.5. The highest BCUT2D eigenvalue weighted by Gasteiger charge is 2.50. The minimum Gasteiger partial charge on any atom is -0.463 e. The standard InChI is InChI=1S/C50H86N6O13/c1-13-15-17-19-39(59)55-42(30(5)6)48(66)51-35(22-21-33(10)58)46(64)53-37(44(62)32(9)27-57)26-34(11)69-41(61)24-23-36(47(65)54-38(25-29(3)4)45(63)50(12)28-68-50)52-49(67)43(31(7)8)56-40(60)20-18-16-14-2/h29-32,34-38,42-43,57H,13-28H2,1-12H3,(H,51,66)(H,52,67)(H,53,64)(H,54,65)(H,55,59)(H,56,60). The number of ketones is 3. The molecule has 1 fully saturated rings. The van der Waals surface area contributed by atoms with Crippen molar-refractivity contribution in [2.24, 2.45) is 23.7 Å². The van der Waals surface area contributed by atoms with Crippen LogP contribution in [0.15, 0.2) is 0 Å². The summed E-state index contributed by atoms with van der Waals surface area (Å²) in [5.41, 5.74) is -1.06. The fourth-order valence-corrected chi connectivity index (χ4v) is 7.51. The van der Waals surface area contributed by atoms with Crippen molar-refractivity contribution >= 4 is 58.8 Å². The molecule has 0 aromatic heterocycles. The van der Waals surface area contributed by atoms with Crippen LogP contribution in [0.2, 0.25) is 0 Å². The zero-order valence-corrected chi connectivity index (χ0v) is 43.5. The van der Waals surface area contributed by atoms with Crippen molar-refractivity contribution in [3.63, 3.8) is 0 Å². The molecule has 1 heterocycles. The van der Waals surface area contributed by atoms with Crippen molar-refractivity contribution < 1.29 is 62.5 Å². The van der Waals surface area contributed by atoms with Gasteiger partial charge in [0.05, 0.1) is 25.3 Å². The lowest BCUT2D eigenvalue weighted by Crippen LogP contribution is -2.57. The predicted octanol–water partition coefficient (Wildman–Crippen LogP) is 3.44. The highest BCUT2D eigenvalue weighted by atomic mass is 16.6. The Morgan fingerprint density at radius 2 is 1.01 bits per heavy atom. The monoisotopic (exact) mass is 979 g/mol. The number of hydrogen-bond acceptors (Lipinski definition) is 13. The molecular weight excluding hydrogens is 893 g/mol. The second-order valence-corrected chi connectivity index (χ2v) is 20.1. The Morgan fingerprint density at radius 1 is 0.580 bits per heavy atom. The van der Waals surface area contributed by atoms with E-state index >= 15 is 0 Å². The summed E-state index contributed by atoms with van der Waals surface area (Å²) in [6.07, 6.45) is 3.20. The van der Waals surface area contributed by atoms with E-state index in [1.807, 2.05) is 27.7 Å². The van der Waals surface area contributed by atoms with Crippen LogP contribution in [0.25, 0.3) is 0 Å². The molecular formula is C50H86N6O13. The summed E-state index contributed by atoms with van der Waals surface area (Å²) in [6.45, 7) is 20.2. The molecule has 7 N–H and O–H groups in total. The number of Topliss-reactive ketones (excluding diaryl/α,β-unsaturated/α-hetero) is 3. The first kappa shape index (κ1) is 62.2. The van der Waals surface area contributed by atoms with Crippen molar-refractivity contribution in [3.8, 4) is 0 Å². The van der Waals surface area contributed by atoms with Crippen molar-refractivity contribution in [2.75, 3.05) is 13.2 Å². The highest BCUT2D eigenvalue weighted by molar-refractivity contribution is 5.99. The molecule has 9 atom stereocenters. The van der Waals surface area contributed by atoms with Crippen molar-refractivity contribution in [1.29, 1.82) is 0 Å². The van der Waals surface area contributed by atoms with Gasteiger partial charge in [0.25, 0.3) is 0 Å². The number of epoxide rings is 1. The van der Waals surface area contributed by atoms with E-state index in [4.69, 9.17) is 9.47 Å². The molecule has 6 amide bonds. The fourth-order valence-electron chi connectivity index (χ4n) is 7.51. The molecule has 1 rings (SSSR count). The first-order valence-corrected chi connectivity index (χ1v) is 25.1. The number of hydrogen-bond donors (Lipinski definition) is 7. The van der Waals surface area contributed by atoms with Crippen molar-refractivity contribution in [2.45, 2.75) is 221 Å². The third-order valence-corrected chi connectivity index (χ3v) is 12.0. The molecule has 0 spiro atoms. The van der Waals surface area contributed by atoms with Crippen LogP contribution < -0.4 is 31.9 Å². The average Bonchev–Trinajstić information content (AvgIpc) is 4.03. The number of ether oxygens (including phenoxy) is 2. The van der Waals surface area contributed by atoms with E-state index < -0.39 is 102 Å². The van der Waals surface area contributed by atoms with Crippen LogP contribution in [0.5, 0.6) is 0 Å². The lowest BCUT2D eigenvalue weighted by molar-refractivity contribution is -0.150. The molecule has 0 saturated carbocycles. The number of unbranched alkanes of at least 4 members (excludes halogenated alkanes) is 4. The Hall–Kier alpha value is -4.78. The number of carbonyl (C=O) groups excluding carboxylic acids is 10. The van der Waals surface area contributed by atoms with Crippen LogP contribution >= 0.6 is 0 Å². The Balaban J connectivity index is 3.35. The van der Waals surface area contributed by atoms with Gasteiger partial charge in [-0.3, -0.25) is 43.2 Å². The molecule has 1 aliphatic heterocycles. The predicted molar refractivity (Wildman–Crippen MR) is 259 cm³/mol. The quantitative estimate of drug-likeness (QED) is 0.0270. The van der Waals surface area contributed by atoms with E-state index in [1.54, 1.807) is 34.6 Å². The van der Waals surface area contributed by atoms with Gasteiger partial charge in [0.15, 0.2) is 11.6 Å². The minimum absolute atomic E-state index is 0.0122. The molecule has 9 unspecified atom stereocenters. The van der Waals surface area contributed by atoms with E-state index in [2.05, 4.69) is 31.9 Å². The Kier molecular flexibility index (Phi) is 28.4. The van der Waals surface area contributed by atoms with E-state index in [0.29, 0.717) is 12.8 Å². The van der Waals surface area contributed by atoms with Gasteiger partial charge in [0, 0.05) is 38.0 Å². The van der Waals surface area contributed by atoms with Gasteiger partial charge in [0.2, 0.25) is 35.4 Å². The maximum atomic E-state index is 14.0. The molecule has 19 nitrogen and oxygen atoms in total. The SMILES string of the molecule is CCCCCC(=O)NC(C(=O)NC(CCC(C)=O)C(=O)NC(CC(C)OC(=O)CCC(NC(=O)C(NC(=O)CCCCC)C(C)C)C(=O)NC(CC(C)C)C(=O)C1(C)CO1)C(=O)C(C)CO)C(C)C. The van der Waals surface area contributed by atoms with Crippen LogP contribution in [-0.2, 0) is 57.4 Å². The van der Waals surface area contributed by atoms with Crippen LogP contribution in [0.3, 0.4) is 0 Å². The van der Waals surface area contributed by atoms with Gasteiger partial charge in [0.1, 0.15) is 41.7 Å². The number of aliphatic hydroxyl groups excluding tert-OH is 1. The number of nitrogens with one attached hydrogen (secondary N) is 6. The van der Waals surface area contributed by atoms with Crippen molar-refractivity contribution in [1.82, 2.24) is 31.9 Å². The first-order valence-electron chi connectivity index (χ1n) is 25.1. The van der Waals surface area contributed by atoms with Gasteiger partial charge in [-0.1, -0.05) is 88.0 Å². The smallest absolute Gasteiger partial charge is 0.306 e. The molecule has 0 aromatic carbocycles. The topological polar surface area (TPSA) is 285 Å². The normalized spacial score (nSPS) is 17.8. The highest BCUT2D eigenvalue weighted by Crippen LogP contribution is 2.30. The summed E-state index contributed by atoms with van der Waals surface area (Å²) in [4.78, 5) is 133. The summed E-state index contributed by atoms with van der Waals surface area (Å²) >= 11 is 0. The second kappa shape index (κ2) is 31.4. The summed E-state index contributed by atoms with van der Waals surface area (Å²) in [6, 6.07) is -6.99. The molecule has 0 aromatic rings. The first-order chi connectivity index (χ1) is 32.3. The summed E-state index contributed by atoms with van der Waals surface area (Å²) in [5.74, 6) is -7.28.